The molecule has 0 spiro atoms. The van der Waals surface area contributed by atoms with Crippen LogP contribution in [0, 0.1) is 13.8 Å². The van der Waals surface area contributed by atoms with Gasteiger partial charge < -0.3 is 14.6 Å². The van der Waals surface area contributed by atoms with Crippen molar-refractivity contribution in [1.82, 2.24) is 5.16 Å². The number of hydrogen-bond acceptors (Lipinski definition) is 6. The van der Waals surface area contributed by atoms with Crippen LogP contribution in [0.5, 0.6) is 5.75 Å². The molecular formula is C21H23N3O5S. The Morgan fingerprint density at radius 1 is 1.07 bits per heavy atom. The van der Waals surface area contributed by atoms with Crippen molar-refractivity contribution in [3.05, 3.63) is 71.1 Å². The number of nitrogens with one attached hydrogen (secondary N) is 2. The Kier molecular flexibility index (Phi) is 6.41. The molecule has 0 atom stereocenters. The first kappa shape index (κ1) is 21.4. The van der Waals surface area contributed by atoms with E-state index in [9.17, 15) is 13.2 Å². The molecule has 9 heteroatoms. The largest absolute Gasteiger partial charge is 0.489 e. The topological polar surface area (TPSA) is 111 Å². The van der Waals surface area contributed by atoms with Crippen molar-refractivity contribution in [3.63, 3.8) is 0 Å². The van der Waals surface area contributed by atoms with E-state index in [1.165, 1.54) is 0 Å². The number of aromatic nitrogens is 1. The summed E-state index contributed by atoms with van der Waals surface area (Å²) in [5.74, 6) is 1.13. The molecule has 0 saturated carbocycles. The molecular weight excluding hydrogens is 406 g/mol. The van der Waals surface area contributed by atoms with E-state index in [1.54, 1.807) is 36.4 Å². The molecule has 0 bridgehead atoms. The number of carbonyl (C=O) groups excluding carboxylic acids is 1. The molecule has 1 amide bonds. The second-order valence-electron chi connectivity index (χ2n) is 6.88. The fourth-order valence-electron chi connectivity index (χ4n) is 2.83. The number of sulfonamides is 1. The van der Waals surface area contributed by atoms with E-state index >= 15 is 0 Å². The second kappa shape index (κ2) is 9.00. The van der Waals surface area contributed by atoms with Gasteiger partial charge in [0, 0.05) is 0 Å². The lowest BCUT2D eigenvalue weighted by Gasteiger charge is -2.12. The Morgan fingerprint density at radius 3 is 2.33 bits per heavy atom. The highest BCUT2D eigenvalue weighted by Gasteiger charge is 2.12. The van der Waals surface area contributed by atoms with E-state index in [0.717, 1.165) is 28.8 Å². The number of anilines is 2. The average Bonchev–Trinajstić information content (AvgIpc) is 2.99. The number of para-hydroxylation sites is 2. The minimum atomic E-state index is -3.45. The third-order valence-electron chi connectivity index (χ3n) is 4.35. The van der Waals surface area contributed by atoms with Crippen LogP contribution >= 0.6 is 0 Å². The molecule has 0 aliphatic carbocycles. The van der Waals surface area contributed by atoms with Crippen molar-refractivity contribution >= 4 is 27.3 Å². The zero-order valence-electron chi connectivity index (χ0n) is 16.9. The number of carbonyl (C=O) groups is 1. The number of hydrogen-bond donors (Lipinski definition) is 2. The highest BCUT2D eigenvalue weighted by atomic mass is 32.2. The smallest absolute Gasteiger partial charge is 0.229 e. The van der Waals surface area contributed by atoms with Gasteiger partial charge in [-0.1, -0.05) is 29.4 Å². The number of benzene rings is 2. The zero-order chi connectivity index (χ0) is 21.7. The van der Waals surface area contributed by atoms with Crippen molar-refractivity contribution in [1.29, 1.82) is 0 Å². The third-order valence-corrected chi connectivity index (χ3v) is 4.94. The first-order valence-corrected chi connectivity index (χ1v) is 11.1. The van der Waals surface area contributed by atoms with E-state index < -0.39 is 10.0 Å². The maximum Gasteiger partial charge on any atom is 0.229 e. The molecule has 0 aliphatic rings. The monoisotopic (exact) mass is 429 g/mol. The summed E-state index contributed by atoms with van der Waals surface area (Å²) in [5.41, 5.74) is 3.22. The van der Waals surface area contributed by atoms with Gasteiger partial charge in [0.25, 0.3) is 0 Å². The van der Waals surface area contributed by atoms with Gasteiger partial charge in [0.1, 0.15) is 18.1 Å². The Labute approximate surface area is 175 Å². The molecule has 158 valence electrons. The summed E-state index contributed by atoms with van der Waals surface area (Å²) in [6.45, 7) is 4.05. The molecule has 2 N–H and O–H groups in total. The molecule has 30 heavy (non-hydrogen) atoms. The maximum absolute atomic E-state index is 12.4. The molecule has 8 nitrogen and oxygen atoms in total. The average molecular weight is 429 g/mol. The lowest BCUT2D eigenvalue weighted by atomic mass is 10.1. The van der Waals surface area contributed by atoms with Gasteiger partial charge in [-0.3, -0.25) is 9.52 Å². The van der Waals surface area contributed by atoms with Gasteiger partial charge >= 0.3 is 0 Å². The SMILES string of the molecule is Cc1noc(C)c1COc1ccc(CC(=O)Nc2ccccc2NS(C)(=O)=O)cc1. The van der Waals surface area contributed by atoms with Gasteiger partial charge in [-0.15, -0.1) is 0 Å². The molecule has 0 unspecified atom stereocenters. The summed E-state index contributed by atoms with van der Waals surface area (Å²) in [5, 5.41) is 6.64. The highest BCUT2D eigenvalue weighted by molar-refractivity contribution is 7.92. The van der Waals surface area contributed by atoms with Crippen LogP contribution in [-0.4, -0.2) is 25.7 Å². The first-order valence-electron chi connectivity index (χ1n) is 9.21. The quantitative estimate of drug-likeness (QED) is 0.568. The highest BCUT2D eigenvalue weighted by Crippen LogP contribution is 2.23. The summed E-state index contributed by atoms with van der Waals surface area (Å²) in [6.07, 6.45) is 1.19. The van der Waals surface area contributed by atoms with Crippen molar-refractivity contribution in [3.8, 4) is 5.75 Å². The molecule has 1 aromatic heterocycles. The lowest BCUT2D eigenvalue weighted by Crippen LogP contribution is -2.17. The molecule has 3 rings (SSSR count). The zero-order valence-corrected chi connectivity index (χ0v) is 17.7. The number of ether oxygens (including phenoxy) is 1. The second-order valence-corrected chi connectivity index (χ2v) is 8.63. The van der Waals surface area contributed by atoms with Crippen LogP contribution in [0.4, 0.5) is 11.4 Å². The third kappa shape index (κ3) is 5.84. The van der Waals surface area contributed by atoms with Gasteiger partial charge in [-0.2, -0.15) is 0 Å². The predicted molar refractivity (Wildman–Crippen MR) is 114 cm³/mol. The van der Waals surface area contributed by atoms with Crippen LogP contribution in [0.2, 0.25) is 0 Å². The summed E-state index contributed by atoms with van der Waals surface area (Å²) in [4.78, 5) is 12.4. The lowest BCUT2D eigenvalue weighted by molar-refractivity contribution is -0.115. The summed E-state index contributed by atoms with van der Waals surface area (Å²) >= 11 is 0. The van der Waals surface area contributed by atoms with E-state index in [4.69, 9.17) is 9.26 Å². The van der Waals surface area contributed by atoms with Crippen LogP contribution in [0.25, 0.3) is 0 Å². The van der Waals surface area contributed by atoms with Gasteiger partial charge in [0.05, 0.1) is 35.3 Å². The Morgan fingerprint density at radius 2 is 1.73 bits per heavy atom. The van der Waals surface area contributed by atoms with E-state index in [2.05, 4.69) is 15.2 Å². The molecule has 0 fully saturated rings. The number of rotatable bonds is 8. The van der Waals surface area contributed by atoms with E-state index in [-0.39, 0.29) is 12.3 Å². The van der Waals surface area contributed by atoms with Gasteiger partial charge in [0.15, 0.2) is 0 Å². The number of aryl methyl sites for hydroxylation is 2. The number of nitrogens with zero attached hydrogens (tertiary/aromatic N) is 1. The minimum absolute atomic E-state index is 0.136. The van der Waals surface area contributed by atoms with E-state index in [1.807, 2.05) is 26.0 Å². The van der Waals surface area contributed by atoms with Crippen LogP contribution < -0.4 is 14.8 Å². The maximum atomic E-state index is 12.4. The molecule has 1 heterocycles. The fourth-order valence-corrected chi connectivity index (χ4v) is 3.41. The summed E-state index contributed by atoms with van der Waals surface area (Å²) < 4.78 is 36.2. The molecule has 0 saturated heterocycles. The standard InChI is InChI=1S/C21H23N3O5S/c1-14-18(15(2)29-23-14)13-28-17-10-8-16(9-11-17)12-21(25)22-19-6-4-5-7-20(19)24-30(3,26)27/h4-11,24H,12-13H2,1-3H3,(H,22,25). The Bertz CT molecular complexity index is 1120. The van der Waals surface area contributed by atoms with Crippen molar-refractivity contribution in [2.45, 2.75) is 26.9 Å². The van der Waals surface area contributed by atoms with Crippen LogP contribution in [0.1, 0.15) is 22.6 Å². The van der Waals surface area contributed by atoms with Crippen molar-refractivity contribution in [2.24, 2.45) is 0 Å². The minimum Gasteiger partial charge on any atom is -0.489 e. The van der Waals surface area contributed by atoms with Gasteiger partial charge in [-0.05, 0) is 43.7 Å². The van der Waals surface area contributed by atoms with Gasteiger partial charge in [0.2, 0.25) is 15.9 Å². The van der Waals surface area contributed by atoms with Crippen molar-refractivity contribution < 1.29 is 22.5 Å². The first-order chi connectivity index (χ1) is 14.2. The summed E-state index contributed by atoms with van der Waals surface area (Å²) in [7, 11) is -3.45. The predicted octanol–water partition coefficient (Wildman–Crippen LogP) is 3.42. The Hall–Kier alpha value is -3.33. The Balaban J connectivity index is 1.59. The van der Waals surface area contributed by atoms with Crippen LogP contribution in [0.3, 0.4) is 0 Å². The van der Waals surface area contributed by atoms with E-state index in [0.29, 0.717) is 23.7 Å². The molecule has 2 aromatic carbocycles. The van der Waals surface area contributed by atoms with Crippen LogP contribution in [0.15, 0.2) is 53.1 Å². The van der Waals surface area contributed by atoms with Gasteiger partial charge in [-0.25, -0.2) is 8.42 Å². The molecule has 0 radical (unpaired) electrons. The fraction of sp³-hybridized carbons (Fsp3) is 0.238. The number of amides is 1. The normalized spacial score (nSPS) is 11.2. The van der Waals surface area contributed by atoms with Crippen molar-refractivity contribution in [2.75, 3.05) is 16.3 Å². The molecule has 3 aromatic rings. The molecule has 0 aliphatic heterocycles. The van der Waals surface area contributed by atoms with Crippen LogP contribution in [-0.2, 0) is 27.8 Å². The summed E-state index contributed by atoms with van der Waals surface area (Å²) in [6, 6.07) is 13.8.